The molecule has 3 rings (SSSR count). The SMILES string of the molecule is O=C1S/C(=C/C=C/c2ccccc2)C(=S)N1c1ccccc1Br. The standard InChI is InChI=1S/C18H12BrNOS2/c19-14-10-4-5-11-15(14)20-17(22)16(23-18(20)21)12-6-9-13-7-2-1-3-8-13/h1-12H/b9-6+,16-12+. The van der Waals surface area contributed by atoms with Crippen molar-refractivity contribution < 1.29 is 4.79 Å². The second-order valence-corrected chi connectivity index (χ2v) is 6.99. The number of nitrogens with zero attached hydrogens (tertiary/aromatic N) is 1. The second-order valence-electron chi connectivity index (χ2n) is 4.76. The van der Waals surface area contributed by atoms with Gasteiger partial charge >= 0.3 is 0 Å². The van der Waals surface area contributed by atoms with E-state index in [1.165, 1.54) is 0 Å². The molecule has 2 nitrogen and oxygen atoms in total. The second kappa shape index (κ2) is 7.25. The summed E-state index contributed by atoms with van der Waals surface area (Å²) >= 11 is 10.1. The third-order valence-corrected chi connectivity index (χ3v) is 5.33. The number of thioether (sulfide) groups is 1. The monoisotopic (exact) mass is 401 g/mol. The van der Waals surface area contributed by atoms with Crippen LogP contribution < -0.4 is 4.90 Å². The predicted molar refractivity (Wildman–Crippen MR) is 106 cm³/mol. The average Bonchev–Trinajstić information content (AvgIpc) is 2.83. The Kier molecular flexibility index (Phi) is 5.10. The Hall–Kier alpha value is -1.69. The van der Waals surface area contributed by atoms with Crippen molar-refractivity contribution in [2.75, 3.05) is 4.90 Å². The normalized spacial score (nSPS) is 16.7. The molecule has 0 N–H and O–H groups in total. The fourth-order valence-electron chi connectivity index (χ4n) is 2.13. The molecule has 0 spiro atoms. The van der Waals surface area contributed by atoms with Crippen molar-refractivity contribution in [3.8, 4) is 0 Å². The molecular formula is C18H12BrNOS2. The van der Waals surface area contributed by atoms with E-state index in [4.69, 9.17) is 12.2 Å². The smallest absolute Gasteiger partial charge is 0.260 e. The first-order chi connectivity index (χ1) is 11.2. The Labute approximate surface area is 153 Å². The van der Waals surface area contributed by atoms with Crippen LogP contribution in [0, 0.1) is 0 Å². The van der Waals surface area contributed by atoms with Crippen LogP contribution >= 0.6 is 39.9 Å². The molecule has 1 heterocycles. The molecule has 1 amide bonds. The summed E-state index contributed by atoms with van der Waals surface area (Å²) in [7, 11) is 0. The van der Waals surface area contributed by atoms with Gasteiger partial charge in [-0.2, -0.15) is 0 Å². The Morgan fingerprint density at radius 1 is 1.04 bits per heavy atom. The molecule has 1 aliphatic rings. The summed E-state index contributed by atoms with van der Waals surface area (Å²) in [5, 5.41) is -0.0822. The highest BCUT2D eigenvalue weighted by Gasteiger charge is 2.33. The van der Waals surface area contributed by atoms with E-state index in [0.29, 0.717) is 4.99 Å². The highest BCUT2D eigenvalue weighted by atomic mass is 79.9. The molecule has 2 aromatic carbocycles. The van der Waals surface area contributed by atoms with Crippen LogP contribution in [0.4, 0.5) is 10.5 Å². The van der Waals surface area contributed by atoms with Gasteiger partial charge in [0.15, 0.2) is 0 Å². The largest absolute Gasteiger partial charge is 0.296 e. The van der Waals surface area contributed by atoms with Gasteiger partial charge in [-0.25, -0.2) is 0 Å². The number of rotatable bonds is 3. The molecule has 0 aromatic heterocycles. The number of allylic oxidation sites excluding steroid dienone is 2. The van der Waals surface area contributed by atoms with Gasteiger partial charge in [0.1, 0.15) is 4.99 Å². The molecule has 1 aliphatic heterocycles. The number of carbonyl (C=O) groups excluding carboxylic acids is 1. The zero-order valence-corrected chi connectivity index (χ0v) is 15.2. The third-order valence-electron chi connectivity index (χ3n) is 3.22. The quantitative estimate of drug-likeness (QED) is 0.461. The first-order valence-corrected chi connectivity index (χ1v) is 8.93. The van der Waals surface area contributed by atoms with E-state index in [-0.39, 0.29) is 5.24 Å². The van der Waals surface area contributed by atoms with Crippen molar-refractivity contribution >= 4 is 61.9 Å². The third kappa shape index (κ3) is 3.63. The maximum absolute atomic E-state index is 12.3. The molecule has 0 bridgehead atoms. The topological polar surface area (TPSA) is 20.3 Å². The van der Waals surface area contributed by atoms with Crippen LogP contribution in [0.1, 0.15) is 5.56 Å². The summed E-state index contributed by atoms with van der Waals surface area (Å²) in [6.07, 6.45) is 5.79. The zero-order chi connectivity index (χ0) is 16.2. The Bertz CT molecular complexity index is 815. The van der Waals surface area contributed by atoms with Gasteiger partial charge in [0.25, 0.3) is 5.24 Å². The molecule has 0 unspecified atom stereocenters. The molecule has 23 heavy (non-hydrogen) atoms. The summed E-state index contributed by atoms with van der Waals surface area (Å²) < 4.78 is 0.845. The molecule has 1 saturated heterocycles. The number of amides is 1. The van der Waals surface area contributed by atoms with E-state index < -0.39 is 0 Å². The lowest BCUT2D eigenvalue weighted by Gasteiger charge is -2.16. The lowest BCUT2D eigenvalue weighted by atomic mass is 10.2. The van der Waals surface area contributed by atoms with Gasteiger partial charge in [0, 0.05) is 4.47 Å². The minimum Gasteiger partial charge on any atom is -0.260 e. The van der Waals surface area contributed by atoms with Crippen molar-refractivity contribution in [3.63, 3.8) is 0 Å². The number of halogens is 1. The summed E-state index contributed by atoms with van der Waals surface area (Å²) in [4.78, 5) is 15.2. The van der Waals surface area contributed by atoms with Crippen LogP contribution in [0.5, 0.6) is 0 Å². The van der Waals surface area contributed by atoms with Gasteiger partial charge in [-0.05, 0) is 51.5 Å². The van der Waals surface area contributed by atoms with Gasteiger partial charge in [-0.3, -0.25) is 9.69 Å². The maximum atomic E-state index is 12.3. The minimum absolute atomic E-state index is 0.0822. The minimum atomic E-state index is -0.0822. The van der Waals surface area contributed by atoms with Crippen LogP contribution in [-0.2, 0) is 0 Å². The summed E-state index contributed by atoms with van der Waals surface area (Å²) in [5.41, 5.74) is 1.87. The van der Waals surface area contributed by atoms with Crippen molar-refractivity contribution in [2.24, 2.45) is 0 Å². The lowest BCUT2D eigenvalue weighted by Crippen LogP contribution is -2.26. The summed E-state index contributed by atoms with van der Waals surface area (Å²) in [6.45, 7) is 0. The van der Waals surface area contributed by atoms with Crippen LogP contribution in [0.2, 0.25) is 0 Å². The van der Waals surface area contributed by atoms with E-state index in [1.54, 1.807) is 4.90 Å². The number of thiocarbonyl (C=S) groups is 1. The fourth-order valence-corrected chi connectivity index (χ4v) is 3.82. The molecule has 0 atom stereocenters. The number of hydrogen-bond donors (Lipinski definition) is 0. The molecule has 1 fully saturated rings. The lowest BCUT2D eigenvalue weighted by molar-refractivity contribution is 0.268. The predicted octanol–water partition coefficient (Wildman–Crippen LogP) is 6.05. The summed E-state index contributed by atoms with van der Waals surface area (Å²) in [6, 6.07) is 17.6. The fraction of sp³-hybridized carbons (Fsp3) is 0. The Morgan fingerprint density at radius 2 is 1.74 bits per heavy atom. The number of para-hydroxylation sites is 1. The van der Waals surface area contributed by atoms with Crippen molar-refractivity contribution in [1.29, 1.82) is 0 Å². The zero-order valence-electron chi connectivity index (χ0n) is 12.0. The molecule has 0 saturated carbocycles. The average molecular weight is 402 g/mol. The van der Waals surface area contributed by atoms with E-state index in [0.717, 1.165) is 32.4 Å². The molecule has 114 valence electrons. The molecule has 0 radical (unpaired) electrons. The van der Waals surface area contributed by atoms with E-state index in [9.17, 15) is 4.79 Å². The van der Waals surface area contributed by atoms with E-state index >= 15 is 0 Å². The highest BCUT2D eigenvalue weighted by molar-refractivity contribution is 9.10. The molecule has 0 aliphatic carbocycles. The van der Waals surface area contributed by atoms with Crippen molar-refractivity contribution in [1.82, 2.24) is 0 Å². The van der Waals surface area contributed by atoms with Crippen molar-refractivity contribution in [3.05, 3.63) is 81.7 Å². The highest BCUT2D eigenvalue weighted by Crippen LogP contribution is 2.38. The Balaban J connectivity index is 1.83. The molecule has 2 aromatic rings. The van der Waals surface area contributed by atoms with Gasteiger partial charge in [0.2, 0.25) is 0 Å². The van der Waals surface area contributed by atoms with Gasteiger partial charge in [0.05, 0.1) is 10.6 Å². The number of carbonyl (C=O) groups is 1. The maximum Gasteiger partial charge on any atom is 0.296 e. The first kappa shape index (κ1) is 16.2. The summed E-state index contributed by atoms with van der Waals surface area (Å²) in [5.74, 6) is 0. The molecular weight excluding hydrogens is 390 g/mol. The molecule has 5 heteroatoms. The number of benzene rings is 2. The van der Waals surface area contributed by atoms with Gasteiger partial charge < -0.3 is 0 Å². The van der Waals surface area contributed by atoms with Gasteiger partial charge in [-0.15, -0.1) is 0 Å². The van der Waals surface area contributed by atoms with Crippen LogP contribution in [0.25, 0.3) is 6.08 Å². The van der Waals surface area contributed by atoms with Crippen LogP contribution in [-0.4, -0.2) is 10.2 Å². The van der Waals surface area contributed by atoms with Crippen molar-refractivity contribution in [2.45, 2.75) is 0 Å². The first-order valence-electron chi connectivity index (χ1n) is 6.91. The van der Waals surface area contributed by atoms with Crippen LogP contribution in [0.15, 0.2) is 76.1 Å². The van der Waals surface area contributed by atoms with Gasteiger partial charge in [-0.1, -0.05) is 66.8 Å². The number of anilines is 1. The van der Waals surface area contributed by atoms with E-state index in [1.807, 2.05) is 72.8 Å². The van der Waals surface area contributed by atoms with E-state index in [2.05, 4.69) is 15.9 Å². The Morgan fingerprint density at radius 3 is 2.48 bits per heavy atom. The number of hydrogen-bond acceptors (Lipinski definition) is 3. The van der Waals surface area contributed by atoms with Crippen LogP contribution in [0.3, 0.4) is 0 Å².